The number of hydrogen-bond donors (Lipinski definition) is 2. The third-order valence-corrected chi connectivity index (χ3v) is 7.50. The molecule has 3 aromatic carbocycles. The number of carbonyl (C=O) groups excluding carboxylic acids is 2. The van der Waals surface area contributed by atoms with Crippen LogP contribution in [-0.4, -0.2) is 39.1 Å². The number of aromatic nitrogens is 3. The third kappa shape index (κ3) is 4.45. The number of rotatable bonds is 5. The van der Waals surface area contributed by atoms with E-state index < -0.39 is 17.3 Å². The average Bonchev–Trinajstić information content (AvgIpc) is 3.33. The molecule has 2 N–H and O–H groups in total. The first-order valence-corrected chi connectivity index (χ1v) is 12.3. The Kier molecular flexibility index (Phi) is 6.47. The van der Waals surface area contributed by atoms with Crippen molar-refractivity contribution in [3.05, 3.63) is 95.1 Å². The van der Waals surface area contributed by atoms with Crippen LogP contribution in [0.2, 0.25) is 0 Å². The van der Waals surface area contributed by atoms with Gasteiger partial charge in [-0.05, 0) is 48.7 Å². The molecule has 5 rings (SSSR count). The lowest BCUT2D eigenvalue weighted by atomic mass is 10.0. The van der Waals surface area contributed by atoms with Gasteiger partial charge >= 0.3 is 5.97 Å². The Labute approximate surface area is 213 Å². The van der Waals surface area contributed by atoms with E-state index in [2.05, 4.69) is 20.9 Å². The largest absolute Gasteiger partial charge is 0.465 e. The number of carbonyl (C=O) groups is 2. The van der Waals surface area contributed by atoms with E-state index in [1.54, 1.807) is 12.1 Å². The van der Waals surface area contributed by atoms with E-state index in [4.69, 9.17) is 4.74 Å². The van der Waals surface area contributed by atoms with E-state index in [0.29, 0.717) is 16.5 Å². The predicted molar refractivity (Wildman–Crippen MR) is 140 cm³/mol. The van der Waals surface area contributed by atoms with Crippen LogP contribution < -0.4 is 10.7 Å². The van der Waals surface area contributed by atoms with Crippen LogP contribution in [0.15, 0.2) is 78.0 Å². The van der Waals surface area contributed by atoms with Crippen molar-refractivity contribution in [2.75, 3.05) is 17.9 Å². The minimum atomic E-state index is -0.547. The van der Waals surface area contributed by atoms with Crippen LogP contribution in [0, 0.1) is 13.8 Å². The van der Waals surface area contributed by atoms with Gasteiger partial charge in [-0.3, -0.25) is 4.79 Å². The second-order valence-electron chi connectivity index (χ2n) is 8.50. The summed E-state index contributed by atoms with van der Waals surface area (Å²) in [7, 11) is 1.35. The third-order valence-electron chi connectivity index (χ3n) is 6.28. The zero-order valence-corrected chi connectivity index (χ0v) is 20.9. The van der Waals surface area contributed by atoms with E-state index in [-0.39, 0.29) is 5.91 Å². The molecule has 9 heteroatoms. The molecule has 8 nitrogen and oxygen atoms in total. The molecule has 0 spiro atoms. The van der Waals surface area contributed by atoms with Crippen molar-refractivity contribution in [1.82, 2.24) is 14.9 Å². The molecule has 182 valence electrons. The molecule has 0 aliphatic carbocycles. The van der Waals surface area contributed by atoms with Crippen LogP contribution >= 0.6 is 11.8 Å². The number of methoxy groups -OCH3 is 1. The Bertz CT molecular complexity index is 1420. The number of fused-ring (bicyclic) bond motifs is 1. The van der Waals surface area contributed by atoms with Crippen molar-refractivity contribution in [2.45, 2.75) is 30.3 Å². The van der Waals surface area contributed by atoms with E-state index >= 15 is 0 Å². The maximum atomic E-state index is 13.6. The lowest BCUT2D eigenvalue weighted by Crippen LogP contribution is -2.41. The van der Waals surface area contributed by atoms with Crippen LogP contribution in [0.4, 0.5) is 5.69 Å². The molecular weight excluding hydrogens is 474 g/mol. The Morgan fingerprint density at radius 2 is 1.72 bits per heavy atom. The summed E-state index contributed by atoms with van der Waals surface area (Å²) in [6.45, 7) is 4.00. The van der Waals surface area contributed by atoms with E-state index in [0.717, 1.165) is 27.9 Å². The van der Waals surface area contributed by atoms with Crippen LogP contribution in [0.3, 0.4) is 0 Å². The molecule has 1 aromatic heterocycles. The molecule has 0 fully saturated rings. The standard InChI is InChI=1S/C27H25N5O3S/c1-16-8-7-11-21(17(16)2)28-25(33)23-22(18-12-14-20(15-13-18)26(34)35-3)31-32-24(29-30-27(32)36-23)19-9-5-4-6-10-19/h4-15,22-23,31H,1-3H3,(H,28,33). The van der Waals surface area contributed by atoms with Crippen molar-refractivity contribution < 1.29 is 14.3 Å². The Balaban J connectivity index is 1.52. The molecule has 2 heterocycles. The van der Waals surface area contributed by atoms with Crippen LogP contribution in [0.1, 0.15) is 33.1 Å². The van der Waals surface area contributed by atoms with Gasteiger partial charge in [0.05, 0.1) is 18.7 Å². The first-order chi connectivity index (χ1) is 17.5. The number of anilines is 1. The first-order valence-electron chi connectivity index (χ1n) is 11.5. The van der Waals surface area contributed by atoms with Crippen LogP contribution in [-0.2, 0) is 9.53 Å². The molecule has 1 aliphatic heterocycles. The van der Waals surface area contributed by atoms with Gasteiger partial charge in [0, 0.05) is 11.3 Å². The fraction of sp³-hybridized carbons (Fsp3) is 0.185. The molecule has 36 heavy (non-hydrogen) atoms. The summed E-state index contributed by atoms with van der Waals surface area (Å²) >= 11 is 1.35. The SMILES string of the molecule is COC(=O)c1ccc(C2Nn3c(nnc3-c3ccccc3)SC2C(=O)Nc2cccc(C)c2C)cc1. The minimum Gasteiger partial charge on any atom is -0.465 e. The van der Waals surface area contributed by atoms with Crippen molar-refractivity contribution in [3.8, 4) is 11.4 Å². The molecule has 0 radical (unpaired) electrons. The van der Waals surface area contributed by atoms with Gasteiger partial charge in [0.15, 0.2) is 5.82 Å². The molecule has 4 aromatic rings. The van der Waals surface area contributed by atoms with Gasteiger partial charge in [-0.25, -0.2) is 9.47 Å². The summed E-state index contributed by atoms with van der Waals surface area (Å²) in [6, 6.07) is 22.2. The number of nitrogens with zero attached hydrogens (tertiary/aromatic N) is 3. The molecule has 0 saturated carbocycles. The molecule has 2 unspecified atom stereocenters. The average molecular weight is 500 g/mol. The monoisotopic (exact) mass is 499 g/mol. The molecule has 2 atom stereocenters. The van der Waals surface area contributed by atoms with Crippen molar-refractivity contribution in [2.24, 2.45) is 0 Å². The first kappa shape index (κ1) is 23.6. The quantitative estimate of drug-likeness (QED) is 0.383. The maximum Gasteiger partial charge on any atom is 0.337 e. The van der Waals surface area contributed by atoms with Gasteiger partial charge in [-0.2, -0.15) is 0 Å². The summed E-state index contributed by atoms with van der Waals surface area (Å²) < 4.78 is 6.65. The predicted octanol–water partition coefficient (Wildman–Crippen LogP) is 4.75. The van der Waals surface area contributed by atoms with Gasteiger partial charge < -0.3 is 15.5 Å². The molecule has 1 amide bonds. The summed E-state index contributed by atoms with van der Waals surface area (Å²) in [6.07, 6.45) is 0. The number of ether oxygens (including phenoxy) is 1. The zero-order chi connectivity index (χ0) is 25.2. The Morgan fingerprint density at radius 1 is 0.972 bits per heavy atom. The Morgan fingerprint density at radius 3 is 2.44 bits per heavy atom. The summed E-state index contributed by atoms with van der Waals surface area (Å²) in [5.41, 5.74) is 8.55. The van der Waals surface area contributed by atoms with E-state index in [1.807, 2.05) is 79.2 Å². The molecule has 1 aliphatic rings. The van der Waals surface area contributed by atoms with Gasteiger partial charge in [-0.1, -0.05) is 66.4 Å². The highest BCUT2D eigenvalue weighted by atomic mass is 32.2. The lowest BCUT2D eigenvalue weighted by Gasteiger charge is -2.33. The highest BCUT2D eigenvalue weighted by Gasteiger charge is 2.38. The number of aryl methyl sites for hydroxylation is 1. The zero-order valence-electron chi connectivity index (χ0n) is 20.1. The fourth-order valence-electron chi connectivity index (χ4n) is 4.11. The smallest absolute Gasteiger partial charge is 0.337 e. The topological polar surface area (TPSA) is 98.1 Å². The number of esters is 1. The van der Waals surface area contributed by atoms with Gasteiger partial charge in [0.1, 0.15) is 5.25 Å². The van der Waals surface area contributed by atoms with Gasteiger partial charge in [0.25, 0.3) is 0 Å². The summed E-state index contributed by atoms with van der Waals surface area (Å²) in [4.78, 5) is 25.6. The number of nitrogens with one attached hydrogen (secondary N) is 2. The fourth-order valence-corrected chi connectivity index (χ4v) is 5.19. The van der Waals surface area contributed by atoms with Crippen LogP contribution in [0.5, 0.6) is 0 Å². The number of thioether (sulfide) groups is 1. The second-order valence-corrected chi connectivity index (χ2v) is 9.61. The summed E-state index contributed by atoms with van der Waals surface area (Å²) in [5.74, 6) is 0.0885. The van der Waals surface area contributed by atoms with Crippen molar-refractivity contribution in [1.29, 1.82) is 0 Å². The van der Waals surface area contributed by atoms with E-state index in [1.165, 1.54) is 18.9 Å². The number of hydrogen-bond acceptors (Lipinski definition) is 7. The molecule has 0 saturated heterocycles. The van der Waals surface area contributed by atoms with Crippen molar-refractivity contribution in [3.63, 3.8) is 0 Å². The lowest BCUT2D eigenvalue weighted by molar-refractivity contribution is -0.116. The summed E-state index contributed by atoms with van der Waals surface area (Å²) in [5, 5.41) is 11.9. The molecular formula is C27H25N5O3S. The second kappa shape index (κ2) is 9.87. The Hall–Kier alpha value is -4.11. The van der Waals surface area contributed by atoms with Crippen LogP contribution in [0.25, 0.3) is 11.4 Å². The highest BCUT2D eigenvalue weighted by molar-refractivity contribution is 8.00. The highest BCUT2D eigenvalue weighted by Crippen LogP contribution is 2.39. The van der Waals surface area contributed by atoms with Gasteiger partial charge in [-0.15, -0.1) is 10.2 Å². The van der Waals surface area contributed by atoms with E-state index in [9.17, 15) is 9.59 Å². The number of benzene rings is 3. The minimum absolute atomic E-state index is 0.154. The van der Waals surface area contributed by atoms with Crippen molar-refractivity contribution >= 4 is 29.3 Å². The number of amides is 1. The normalized spacial score (nSPS) is 16.5. The molecule has 0 bridgehead atoms. The maximum absolute atomic E-state index is 13.6. The van der Waals surface area contributed by atoms with Gasteiger partial charge in [0.2, 0.25) is 11.1 Å².